The Morgan fingerprint density at radius 1 is 1.55 bits per heavy atom. The van der Waals surface area contributed by atoms with Gasteiger partial charge in [0.05, 0.1) is 24.8 Å². The molecule has 1 atom stereocenters. The number of carboxylic acid groups (broad SMARTS) is 1. The number of ether oxygens (including phenoxy) is 2. The van der Waals surface area contributed by atoms with E-state index in [0.29, 0.717) is 12.4 Å². The molecule has 0 aromatic heterocycles. The number of halogens is 1. The molecule has 0 aliphatic carbocycles. The van der Waals surface area contributed by atoms with Crippen molar-refractivity contribution in [3.63, 3.8) is 0 Å². The second kappa shape index (κ2) is 5.93. The summed E-state index contributed by atoms with van der Waals surface area (Å²) in [6.45, 7) is 0.213. The van der Waals surface area contributed by atoms with Gasteiger partial charge in [-0.25, -0.2) is 0 Å². The molecule has 1 fully saturated rings. The van der Waals surface area contributed by atoms with Crippen LogP contribution in [0.5, 0.6) is 5.75 Å². The lowest BCUT2D eigenvalue weighted by molar-refractivity contribution is -0.164. The van der Waals surface area contributed by atoms with Crippen LogP contribution in [0.25, 0.3) is 0 Å². The molecule has 20 heavy (non-hydrogen) atoms. The molecular formula is C14H15BrO5. The van der Waals surface area contributed by atoms with Crippen LogP contribution in [0.3, 0.4) is 0 Å². The van der Waals surface area contributed by atoms with Gasteiger partial charge >= 0.3 is 5.97 Å². The van der Waals surface area contributed by atoms with E-state index in [1.165, 1.54) is 0 Å². The van der Waals surface area contributed by atoms with E-state index in [0.717, 1.165) is 10.0 Å². The standard InChI is InChI=1S/C14H15BrO5/c1-19-11-3-2-9(6-10(11)15)7-14(13(17)18)8-20-5-4-12(14)16/h2-3,6H,4-5,7-8H2,1H3,(H,17,18). The summed E-state index contributed by atoms with van der Waals surface area (Å²) >= 11 is 3.35. The first-order chi connectivity index (χ1) is 9.49. The molecule has 1 saturated heterocycles. The molecule has 0 bridgehead atoms. The van der Waals surface area contributed by atoms with Gasteiger partial charge in [-0.15, -0.1) is 0 Å². The Morgan fingerprint density at radius 2 is 2.30 bits per heavy atom. The largest absolute Gasteiger partial charge is 0.496 e. The van der Waals surface area contributed by atoms with Crippen molar-refractivity contribution < 1.29 is 24.2 Å². The van der Waals surface area contributed by atoms with Crippen LogP contribution in [0.2, 0.25) is 0 Å². The normalized spacial score (nSPS) is 22.6. The van der Waals surface area contributed by atoms with E-state index in [1.54, 1.807) is 25.3 Å². The third-order valence-electron chi connectivity index (χ3n) is 3.49. The summed E-state index contributed by atoms with van der Waals surface area (Å²) in [6, 6.07) is 5.27. The zero-order valence-corrected chi connectivity index (χ0v) is 12.6. The second-order valence-electron chi connectivity index (χ2n) is 4.76. The number of carboxylic acids is 1. The average molecular weight is 343 g/mol. The molecule has 6 heteroatoms. The van der Waals surface area contributed by atoms with Crippen LogP contribution in [0, 0.1) is 5.41 Å². The van der Waals surface area contributed by atoms with Crippen molar-refractivity contribution >= 4 is 27.7 Å². The fraction of sp³-hybridized carbons (Fsp3) is 0.429. The van der Waals surface area contributed by atoms with Crippen molar-refractivity contribution in [2.24, 2.45) is 5.41 Å². The molecule has 1 aliphatic heterocycles. The van der Waals surface area contributed by atoms with Crippen LogP contribution < -0.4 is 4.74 Å². The van der Waals surface area contributed by atoms with Gasteiger partial charge in [-0.1, -0.05) is 6.07 Å². The van der Waals surface area contributed by atoms with Gasteiger partial charge in [-0.2, -0.15) is 0 Å². The van der Waals surface area contributed by atoms with Crippen LogP contribution in [0.1, 0.15) is 12.0 Å². The lowest BCUT2D eigenvalue weighted by atomic mass is 9.76. The van der Waals surface area contributed by atoms with E-state index in [4.69, 9.17) is 9.47 Å². The van der Waals surface area contributed by atoms with Gasteiger partial charge in [-0.05, 0) is 40.0 Å². The maximum atomic E-state index is 12.1. The van der Waals surface area contributed by atoms with Crippen molar-refractivity contribution in [1.29, 1.82) is 0 Å². The number of methoxy groups -OCH3 is 1. The zero-order valence-electron chi connectivity index (χ0n) is 11.0. The highest BCUT2D eigenvalue weighted by Gasteiger charge is 2.47. The van der Waals surface area contributed by atoms with Gasteiger partial charge in [0.25, 0.3) is 0 Å². The molecular weight excluding hydrogens is 328 g/mol. The number of benzene rings is 1. The highest BCUT2D eigenvalue weighted by atomic mass is 79.9. The van der Waals surface area contributed by atoms with Crippen LogP contribution in [-0.4, -0.2) is 37.2 Å². The molecule has 1 N–H and O–H groups in total. The lowest BCUT2D eigenvalue weighted by Crippen LogP contribution is -2.48. The SMILES string of the molecule is COc1ccc(CC2(C(=O)O)COCCC2=O)cc1Br. The predicted molar refractivity (Wildman–Crippen MR) is 74.9 cm³/mol. The van der Waals surface area contributed by atoms with Crippen LogP contribution in [0.4, 0.5) is 0 Å². The van der Waals surface area contributed by atoms with Crippen LogP contribution in [-0.2, 0) is 20.7 Å². The van der Waals surface area contributed by atoms with Crippen molar-refractivity contribution in [2.75, 3.05) is 20.3 Å². The van der Waals surface area contributed by atoms with E-state index >= 15 is 0 Å². The fourth-order valence-electron chi connectivity index (χ4n) is 2.31. The summed E-state index contributed by atoms with van der Waals surface area (Å²) in [5.74, 6) is -0.748. The maximum absolute atomic E-state index is 12.1. The maximum Gasteiger partial charge on any atom is 0.319 e. The van der Waals surface area contributed by atoms with Gasteiger partial charge in [0.15, 0.2) is 11.2 Å². The van der Waals surface area contributed by atoms with E-state index < -0.39 is 11.4 Å². The summed E-state index contributed by atoms with van der Waals surface area (Å²) < 4.78 is 11.1. The van der Waals surface area contributed by atoms with Crippen LogP contribution in [0.15, 0.2) is 22.7 Å². The topological polar surface area (TPSA) is 72.8 Å². The lowest BCUT2D eigenvalue weighted by Gasteiger charge is -2.31. The molecule has 5 nitrogen and oxygen atoms in total. The van der Waals surface area contributed by atoms with Crippen molar-refractivity contribution in [1.82, 2.24) is 0 Å². The molecule has 0 amide bonds. The second-order valence-corrected chi connectivity index (χ2v) is 5.61. The molecule has 1 unspecified atom stereocenters. The minimum atomic E-state index is -1.48. The number of carbonyl (C=O) groups excluding carboxylic acids is 1. The van der Waals surface area contributed by atoms with Crippen molar-refractivity contribution in [3.05, 3.63) is 28.2 Å². The summed E-state index contributed by atoms with van der Waals surface area (Å²) in [5, 5.41) is 9.45. The van der Waals surface area contributed by atoms with E-state index in [-0.39, 0.29) is 25.2 Å². The van der Waals surface area contributed by atoms with Crippen molar-refractivity contribution in [2.45, 2.75) is 12.8 Å². The number of ketones is 1. The number of Topliss-reactive ketones (excluding diaryl/α,β-unsaturated/α-hetero) is 1. The molecule has 0 radical (unpaired) electrons. The summed E-state index contributed by atoms with van der Waals surface area (Å²) in [7, 11) is 1.55. The molecule has 1 aromatic carbocycles. The number of carbonyl (C=O) groups is 2. The highest BCUT2D eigenvalue weighted by molar-refractivity contribution is 9.10. The van der Waals surface area contributed by atoms with E-state index in [1.807, 2.05) is 0 Å². The fourth-order valence-corrected chi connectivity index (χ4v) is 2.89. The summed E-state index contributed by atoms with van der Waals surface area (Å²) in [6.07, 6.45) is 0.257. The first-order valence-electron chi connectivity index (χ1n) is 6.16. The number of hydrogen-bond acceptors (Lipinski definition) is 4. The van der Waals surface area contributed by atoms with Gasteiger partial charge in [0.1, 0.15) is 5.75 Å². The van der Waals surface area contributed by atoms with E-state index in [2.05, 4.69) is 15.9 Å². The summed E-state index contributed by atoms with van der Waals surface area (Å²) in [5.41, 5.74) is -0.731. The third-order valence-corrected chi connectivity index (χ3v) is 4.11. The first kappa shape index (κ1) is 15.0. The summed E-state index contributed by atoms with van der Waals surface area (Å²) in [4.78, 5) is 23.6. The zero-order chi connectivity index (χ0) is 14.8. The Bertz CT molecular complexity index is 542. The van der Waals surface area contributed by atoms with Gasteiger partial charge in [-0.3, -0.25) is 9.59 Å². The number of hydrogen-bond donors (Lipinski definition) is 1. The molecule has 0 spiro atoms. The van der Waals surface area contributed by atoms with Crippen LogP contribution >= 0.6 is 15.9 Å². The van der Waals surface area contributed by atoms with E-state index in [9.17, 15) is 14.7 Å². The Morgan fingerprint density at radius 3 is 2.85 bits per heavy atom. The van der Waals surface area contributed by atoms with Gasteiger partial charge in [0, 0.05) is 6.42 Å². The quantitative estimate of drug-likeness (QED) is 0.848. The number of aliphatic carboxylic acids is 1. The molecule has 1 heterocycles. The minimum absolute atomic E-state index is 0.0786. The highest BCUT2D eigenvalue weighted by Crippen LogP contribution is 2.33. The molecule has 2 rings (SSSR count). The Kier molecular flexibility index (Phi) is 4.45. The van der Waals surface area contributed by atoms with Gasteiger partial charge in [0.2, 0.25) is 0 Å². The molecule has 108 valence electrons. The smallest absolute Gasteiger partial charge is 0.319 e. The predicted octanol–water partition coefficient (Wildman–Crippen LogP) is 2.06. The first-order valence-corrected chi connectivity index (χ1v) is 6.96. The monoisotopic (exact) mass is 342 g/mol. The molecule has 1 aromatic rings. The molecule has 0 saturated carbocycles. The Hall–Kier alpha value is -1.40. The third kappa shape index (κ3) is 2.71. The van der Waals surface area contributed by atoms with Crippen molar-refractivity contribution in [3.8, 4) is 5.75 Å². The molecule has 1 aliphatic rings. The average Bonchev–Trinajstić information content (AvgIpc) is 2.41. The minimum Gasteiger partial charge on any atom is -0.496 e. The Balaban J connectivity index is 2.31. The number of rotatable bonds is 4. The van der Waals surface area contributed by atoms with Gasteiger partial charge < -0.3 is 14.6 Å². The Labute approximate surface area is 125 Å².